The van der Waals surface area contributed by atoms with Gasteiger partial charge in [-0.2, -0.15) is 4.68 Å². The van der Waals surface area contributed by atoms with Crippen LogP contribution in [0.25, 0.3) is 0 Å². The highest BCUT2D eigenvalue weighted by atomic mass is 16.8. The van der Waals surface area contributed by atoms with Gasteiger partial charge >= 0.3 is 11.6 Å². The lowest BCUT2D eigenvalue weighted by Crippen LogP contribution is -2.67. The number of aliphatic hydroxyl groups excluding tert-OH is 10. The SMILES string of the molecule is NCCNC(=O)c1cn(CC2O[C@H]3O[C@@H]4C(Cn5cc(C(=O)NCCN)nn5)O[C@@H](O[C@@H]5C(Cn6cc(C(=O)NCCN)nn6)O[C@H](O[C@@H]6C(Cn7cc(C(=O)NCCN)nn7)O[C@H](O[C@H]7CC(O)[C@@H](OC7Cn7cc(C(=O)NCCN)nn7)O[C@H]7CC(O)[C@H](OC7Cn7cc(C(=O)NCCN)nn7)O[C@@H]7C(C[n+]8cc(C(=O)NCCN)n[nH]8)O[C@H](C[C@H]7O)O[C@H]2CC3O)C(O)[C@H]6O)C(O)[C@H]5O)C(O)[C@H]4O)nn1. The van der Waals surface area contributed by atoms with Crippen molar-refractivity contribution >= 4 is 41.4 Å². The normalized spacial score (nSPS) is 32.9. The summed E-state index contributed by atoms with van der Waals surface area (Å²) in [5.41, 5.74) is 38.4. The van der Waals surface area contributed by atoms with Crippen LogP contribution in [0.3, 0.4) is 0 Å². The molecular weight excluding hydrogens is 1910 g/mol. The van der Waals surface area contributed by atoms with Crippen molar-refractivity contribution in [3.05, 3.63) is 83.2 Å². The number of ether oxygens (including phenoxy) is 14. The van der Waals surface area contributed by atoms with E-state index in [1.165, 1.54) is 45.0 Å². The number of hydrogen-bond acceptors (Lipinski definition) is 51. The van der Waals surface area contributed by atoms with Crippen molar-refractivity contribution in [3.8, 4) is 0 Å². The molecule has 21 aliphatic heterocycles. The smallest absolute Gasteiger partial charge is 0.305 e. The fraction of sp³-hybridized carbons (Fsp3) is 0.727. The number of aromatic nitrogens is 21. The van der Waals surface area contributed by atoms with Gasteiger partial charge in [0.05, 0.1) is 106 Å². The predicted octanol–water partition coefficient (Wildman–Crippen LogP) is -18.8. The third kappa shape index (κ3) is 26.3. The number of aromatic amines is 1. The van der Waals surface area contributed by atoms with Crippen molar-refractivity contribution in [3.63, 3.8) is 0 Å². The van der Waals surface area contributed by atoms with E-state index >= 15 is 0 Å². The quantitative estimate of drug-likeness (QED) is 0.0164. The molecule has 13 unspecified atom stereocenters. The first-order chi connectivity index (χ1) is 69.0. The van der Waals surface area contributed by atoms with Crippen LogP contribution < -0.4 is 82.0 Å². The lowest BCUT2D eigenvalue weighted by molar-refractivity contribution is -0.761. The number of aliphatic hydroxyl groups is 10. The molecule has 143 heavy (non-hydrogen) atoms. The highest BCUT2D eigenvalue weighted by Gasteiger charge is 2.58. The molecule has 21 aliphatic rings. The number of nitrogens with zero attached hydrogens (tertiary/aromatic N) is 20. The molecule has 0 aliphatic carbocycles. The Morgan fingerprint density at radius 1 is 0.294 bits per heavy atom. The van der Waals surface area contributed by atoms with Crippen LogP contribution in [-0.4, -0.2) is 475 Å². The van der Waals surface area contributed by atoms with Gasteiger partial charge < -0.3 is 195 Å². The van der Waals surface area contributed by atoms with Gasteiger partial charge in [-0.1, -0.05) is 36.5 Å². The zero-order valence-electron chi connectivity index (χ0n) is 76.6. The Hall–Kier alpha value is -11.0. The number of nitrogens with two attached hydrogens (primary N) is 7. The van der Waals surface area contributed by atoms with Crippen LogP contribution in [0.5, 0.6) is 0 Å². The Bertz CT molecular complexity index is 5310. The van der Waals surface area contributed by atoms with E-state index < -0.39 is 303 Å². The van der Waals surface area contributed by atoms with Gasteiger partial charge in [-0.15, -0.1) is 30.6 Å². The molecule has 0 saturated carbocycles. The fourth-order valence-electron chi connectivity index (χ4n) is 17.0. The van der Waals surface area contributed by atoms with Gasteiger partial charge in [-0.25, -0.2) is 28.1 Å². The molecule has 7 amide bonds. The zero-order valence-corrected chi connectivity index (χ0v) is 76.6. The summed E-state index contributed by atoms with van der Waals surface area (Å²) in [6.07, 6.45) is -51.0. The van der Waals surface area contributed by atoms with E-state index in [0.29, 0.717) is 0 Å². The molecule has 7 aromatic rings. The number of carbonyl (C=O) groups is 7. The first kappa shape index (κ1) is 106. The van der Waals surface area contributed by atoms with E-state index in [1.807, 2.05) is 0 Å². The van der Waals surface area contributed by atoms with E-state index in [1.54, 1.807) is 0 Å². The number of amides is 7. The Morgan fingerprint density at radius 2 is 0.545 bits per heavy atom. The van der Waals surface area contributed by atoms with Crippen LogP contribution in [0.4, 0.5) is 0 Å². The average Bonchev–Trinajstić information content (AvgIpc) is 1.13. The minimum absolute atomic E-state index is 0.00333. The molecule has 66 nitrogen and oxygen atoms in total. The zero-order chi connectivity index (χ0) is 101. The van der Waals surface area contributed by atoms with Crippen LogP contribution in [-0.2, 0) is 112 Å². The Balaban J connectivity index is 0.829. The maximum Gasteiger partial charge on any atom is 0.305 e. The van der Waals surface area contributed by atoms with Crippen molar-refractivity contribution in [1.82, 2.24) is 137 Å². The summed E-state index contributed by atoms with van der Waals surface area (Å²) in [7, 11) is 0. The summed E-state index contributed by atoms with van der Waals surface area (Å²) in [6, 6.07) is 0. The van der Waals surface area contributed by atoms with Gasteiger partial charge in [-0.05, 0) is 0 Å². The second-order valence-corrected chi connectivity index (χ2v) is 34.6. The van der Waals surface area contributed by atoms with E-state index in [-0.39, 0.29) is 131 Å². The second-order valence-electron chi connectivity index (χ2n) is 34.6. The lowest BCUT2D eigenvalue weighted by Gasteiger charge is -2.49. The topological polar surface area (TPSA) is 934 Å². The Morgan fingerprint density at radius 3 is 0.853 bits per heavy atom. The van der Waals surface area contributed by atoms with Crippen LogP contribution >= 0.6 is 0 Å². The van der Waals surface area contributed by atoms with Gasteiger partial charge in [-0.3, -0.25) is 33.6 Å². The van der Waals surface area contributed by atoms with Gasteiger partial charge in [0.1, 0.15) is 129 Å². The first-order valence-corrected chi connectivity index (χ1v) is 46.2. The van der Waals surface area contributed by atoms with Gasteiger partial charge in [0.15, 0.2) is 84.4 Å². The molecule has 0 spiro atoms. The summed E-state index contributed by atoms with van der Waals surface area (Å²) in [6.45, 7) is -3.10. The van der Waals surface area contributed by atoms with Crippen molar-refractivity contribution < 1.29 is 156 Å². The third-order valence-electron chi connectivity index (χ3n) is 24.1. The van der Waals surface area contributed by atoms with E-state index in [9.17, 15) is 84.6 Å². The minimum Gasteiger partial charge on any atom is -0.390 e. The second kappa shape index (κ2) is 49.3. The van der Waals surface area contributed by atoms with E-state index in [0.717, 1.165) is 31.1 Å². The highest BCUT2D eigenvalue weighted by molar-refractivity contribution is 5.94. The van der Waals surface area contributed by atoms with Crippen molar-refractivity contribution in [2.75, 3.05) is 91.6 Å². The molecule has 66 heteroatoms. The Kier molecular flexibility index (Phi) is 36.6. The largest absolute Gasteiger partial charge is 0.390 e. The van der Waals surface area contributed by atoms with Crippen LogP contribution in [0, 0.1) is 0 Å². The van der Waals surface area contributed by atoms with Crippen molar-refractivity contribution in [2.45, 2.75) is 262 Å². The first-order valence-electron chi connectivity index (χ1n) is 46.2. The fourth-order valence-corrected chi connectivity index (χ4v) is 17.0. The van der Waals surface area contributed by atoms with E-state index in [2.05, 4.69) is 109 Å². The molecule has 21 fully saturated rings. The van der Waals surface area contributed by atoms with E-state index in [4.69, 9.17) is 106 Å². The van der Waals surface area contributed by atoms with Crippen molar-refractivity contribution in [1.29, 1.82) is 0 Å². The number of H-pyrrole nitrogens is 1. The summed E-state index contributed by atoms with van der Waals surface area (Å²) in [5.74, 6) is -4.93. The molecule has 31 atom stereocenters. The summed E-state index contributed by atoms with van der Waals surface area (Å²) < 4.78 is 101. The molecule has 28 heterocycles. The lowest BCUT2D eigenvalue weighted by atomic mass is 9.95. The number of hydrogen-bond donors (Lipinski definition) is 25. The standard InChI is InChI=1S/C77H119N35O31/c78-1-8-85-65(123)33-19-106(99-92-33)26-47-44-15-42(115)74(135-47)141-62-51(30-110-23-37(96-103-110)69(127)89-12-5-82)138-76(59(121)56(62)118)143-64-53(32-112-25-39(98-105-112)71(129)91-14-7-84)139-77(60(122)57(64)119)142-63-52(31-111-24-38(97-104-111)70(128)90-13-6-83)137-75(58(120)55(63)117)133-46-16-41(114)72(134-49(46)28-108-21-35(94-101-108)67(125)87-10-3-80)132-45-17-43(116)73(136-48(45)27-107-20-34(93-100-107)66(124)86-9-2-79)140-61-40(113)18-54(130-44)131-50(61)29-109-22-36(95-102-109)68(126)88-11-4-81/h19-25,40-64,72-77,113-122H,1-18,26-32,78-84H2,(H7,85,86,87,88,89,90,91,123,124,125,126,127,128,129)/p+1/t40-,41?,42?,43?,44+,45+,46+,47?,48?,49?,50?,51?,52?,53?,54-,55-,56-,57-,58?,59?,60?,61+,62-,63-,64-,72-,73-,74+,75+,76+,77-/m1/s1. The predicted molar refractivity (Wildman–Crippen MR) is 462 cm³/mol. The monoisotopic (exact) mass is 2030 g/mol. The summed E-state index contributed by atoms with van der Waals surface area (Å²) in [5, 5.41) is 201. The maximum atomic E-state index is 13.4. The van der Waals surface area contributed by atoms with Gasteiger partial charge in [0.2, 0.25) is 0 Å². The average molecular weight is 2030 g/mol. The molecule has 28 rings (SSSR count). The molecule has 788 valence electrons. The van der Waals surface area contributed by atoms with Gasteiger partial charge in [0, 0.05) is 117 Å². The molecule has 14 bridgehead atoms. The molecule has 32 N–H and O–H groups in total. The maximum absolute atomic E-state index is 13.4. The van der Waals surface area contributed by atoms with Crippen LogP contribution in [0.2, 0.25) is 0 Å². The van der Waals surface area contributed by atoms with Crippen molar-refractivity contribution in [2.24, 2.45) is 40.1 Å². The summed E-state index contributed by atoms with van der Waals surface area (Å²) in [4.78, 5) is 93.7. The minimum atomic E-state index is -2.37. The third-order valence-corrected chi connectivity index (χ3v) is 24.1. The molecule has 7 aromatic heterocycles. The van der Waals surface area contributed by atoms with Crippen LogP contribution in [0.1, 0.15) is 99.1 Å². The number of carbonyl (C=O) groups excluding carboxylic acids is 7. The van der Waals surface area contributed by atoms with Gasteiger partial charge in [0.25, 0.3) is 35.4 Å². The molecule has 0 radical (unpaired) electrons. The van der Waals surface area contributed by atoms with Crippen LogP contribution in [0.15, 0.2) is 43.4 Å². The molecule has 21 saturated heterocycles. The molecule has 0 aromatic carbocycles. The Labute approximate surface area is 808 Å². The molecular formula is C77H120N35O31+. The number of nitrogens with one attached hydrogen (secondary N) is 8. The highest BCUT2D eigenvalue weighted by Crippen LogP contribution is 2.41. The summed E-state index contributed by atoms with van der Waals surface area (Å²) >= 11 is 0. The number of rotatable bonds is 35.